The Bertz CT molecular complexity index is 242. The first-order valence-electron chi connectivity index (χ1n) is 7.29. The van der Waals surface area contributed by atoms with Gasteiger partial charge in [-0.3, -0.25) is 0 Å². The molecule has 0 bridgehead atoms. The van der Waals surface area contributed by atoms with Crippen LogP contribution < -0.4 is 5.73 Å². The number of rotatable bonds is 5. The number of piperidine rings is 1. The lowest BCUT2D eigenvalue weighted by atomic mass is 9.91. The molecule has 3 N–H and O–H groups in total. The molecule has 2 rings (SSSR count). The highest BCUT2D eigenvalue weighted by Gasteiger charge is 2.34. The standard InChI is InChI=1S/C14H28N2O/c1-14(17,11-15)8-4-10-16-9-3-6-12-5-2-7-13(12)16/h12-13,17H,2-11,15H2,1H3. The minimum Gasteiger partial charge on any atom is -0.389 e. The van der Waals surface area contributed by atoms with Gasteiger partial charge in [-0.05, 0) is 64.5 Å². The summed E-state index contributed by atoms with van der Waals surface area (Å²) in [6.07, 6.45) is 8.99. The van der Waals surface area contributed by atoms with E-state index in [1.165, 1.54) is 38.6 Å². The summed E-state index contributed by atoms with van der Waals surface area (Å²) in [5.74, 6) is 0.971. The number of nitrogens with two attached hydrogens (primary N) is 1. The van der Waals surface area contributed by atoms with Crippen molar-refractivity contribution in [1.29, 1.82) is 0 Å². The first-order valence-corrected chi connectivity index (χ1v) is 7.29. The van der Waals surface area contributed by atoms with E-state index in [1.807, 2.05) is 6.92 Å². The molecular weight excluding hydrogens is 212 g/mol. The third kappa shape index (κ3) is 3.43. The molecule has 0 aromatic heterocycles. The van der Waals surface area contributed by atoms with E-state index in [0.29, 0.717) is 6.54 Å². The Hall–Kier alpha value is -0.120. The van der Waals surface area contributed by atoms with Crippen molar-refractivity contribution in [3.8, 4) is 0 Å². The van der Waals surface area contributed by atoms with Crippen LogP contribution in [0.4, 0.5) is 0 Å². The summed E-state index contributed by atoms with van der Waals surface area (Å²) in [4.78, 5) is 2.67. The second-order valence-corrected chi connectivity index (χ2v) is 6.24. The van der Waals surface area contributed by atoms with E-state index < -0.39 is 5.60 Å². The Morgan fingerprint density at radius 1 is 1.29 bits per heavy atom. The lowest BCUT2D eigenvalue weighted by Crippen LogP contribution is -2.43. The molecule has 0 aromatic carbocycles. The summed E-state index contributed by atoms with van der Waals surface area (Å²) >= 11 is 0. The highest BCUT2D eigenvalue weighted by Crippen LogP contribution is 2.36. The fourth-order valence-electron chi connectivity index (χ4n) is 3.60. The van der Waals surface area contributed by atoms with Gasteiger partial charge in [0.15, 0.2) is 0 Å². The highest BCUT2D eigenvalue weighted by molar-refractivity contribution is 4.89. The SMILES string of the molecule is CC(O)(CN)CCCN1CCCC2CCCC21. The molecule has 3 atom stereocenters. The summed E-state index contributed by atoms with van der Waals surface area (Å²) in [6, 6.07) is 0.853. The van der Waals surface area contributed by atoms with Crippen molar-refractivity contribution in [1.82, 2.24) is 4.90 Å². The lowest BCUT2D eigenvalue weighted by molar-refractivity contribution is 0.0470. The fourth-order valence-corrected chi connectivity index (χ4v) is 3.60. The molecule has 0 spiro atoms. The van der Waals surface area contributed by atoms with Crippen molar-refractivity contribution >= 4 is 0 Å². The second kappa shape index (κ2) is 5.68. The number of fused-ring (bicyclic) bond motifs is 1. The van der Waals surface area contributed by atoms with Gasteiger partial charge in [0.2, 0.25) is 0 Å². The number of nitrogens with zero attached hydrogens (tertiary/aromatic N) is 1. The molecular formula is C14H28N2O. The first-order chi connectivity index (χ1) is 8.12. The van der Waals surface area contributed by atoms with Gasteiger partial charge >= 0.3 is 0 Å². The van der Waals surface area contributed by atoms with Crippen LogP contribution in [0.25, 0.3) is 0 Å². The third-order valence-electron chi connectivity index (χ3n) is 4.71. The molecule has 0 radical (unpaired) electrons. The van der Waals surface area contributed by atoms with Gasteiger partial charge in [-0.2, -0.15) is 0 Å². The van der Waals surface area contributed by atoms with Gasteiger partial charge in [0, 0.05) is 12.6 Å². The molecule has 1 aliphatic carbocycles. The van der Waals surface area contributed by atoms with Crippen LogP contribution in [-0.2, 0) is 0 Å². The fraction of sp³-hybridized carbons (Fsp3) is 1.00. The number of likely N-dealkylation sites (tertiary alicyclic amines) is 1. The van der Waals surface area contributed by atoms with Crippen molar-refractivity contribution in [3.63, 3.8) is 0 Å². The maximum atomic E-state index is 9.90. The van der Waals surface area contributed by atoms with Gasteiger partial charge in [0.05, 0.1) is 5.60 Å². The molecule has 3 unspecified atom stereocenters. The monoisotopic (exact) mass is 240 g/mol. The molecule has 0 aromatic rings. The molecule has 1 aliphatic heterocycles. The highest BCUT2D eigenvalue weighted by atomic mass is 16.3. The molecule has 3 heteroatoms. The molecule has 0 amide bonds. The van der Waals surface area contributed by atoms with Crippen LogP contribution in [0.2, 0.25) is 0 Å². The largest absolute Gasteiger partial charge is 0.389 e. The van der Waals surface area contributed by atoms with Crippen molar-refractivity contribution in [2.24, 2.45) is 11.7 Å². The molecule has 3 nitrogen and oxygen atoms in total. The predicted molar refractivity (Wildman–Crippen MR) is 70.8 cm³/mol. The molecule has 2 aliphatic rings. The normalized spacial score (nSPS) is 33.4. The number of aliphatic hydroxyl groups is 1. The zero-order valence-corrected chi connectivity index (χ0v) is 11.2. The maximum Gasteiger partial charge on any atom is 0.0741 e. The smallest absolute Gasteiger partial charge is 0.0741 e. The summed E-state index contributed by atoms with van der Waals surface area (Å²) in [7, 11) is 0. The molecule has 100 valence electrons. The van der Waals surface area contributed by atoms with Gasteiger partial charge in [-0.25, -0.2) is 0 Å². The molecule has 2 fully saturated rings. The van der Waals surface area contributed by atoms with Crippen LogP contribution in [0.5, 0.6) is 0 Å². The minimum atomic E-state index is -0.662. The minimum absolute atomic E-state index is 0.374. The quantitative estimate of drug-likeness (QED) is 0.769. The van der Waals surface area contributed by atoms with Gasteiger partial charge < -0.3 is 15.7 Å². The van der Waals surface area contributed by atoms with Crippen LogP contribution in [-0.4, -0.2) is 41.3 Å². The summed E-state index contributed by atoms with van der Waals surface area (Å²) in [5.41, 5.74) is 4.89. The third-order valence-corrected chi connectivity index (χ3v) is 4.71. The average Bonchev–Trinajstić information content (AvgIpc) is 2.78. The Labute approximate surface area is 105 Å². The lowest BCUT2D eigenvalue weighted by Gasteiger charge is -2.38. The van der Waals surface area contributed by atoms with Crippen molar-refractivity contribution < 1.29 is 5.11 Å². The van der Waals surface area contributed by atoms with Gasteiger partial charge in [-0.1, -0.05) is 6.42 Å². The number of hydrogen-bond acceptors (Lipinski definition) is 3. The molecule has 1 saturated heterocycles. The predicted octanol–water partition coefficient (Wildman–Crippen LogP) is 1.74. The number of hydrogen-bond donors (Lipinski definition) is 2. The van der Waals surface area contributed by atoms with Gasteiger partial charge in [-0.15, -0.1) is 0 Å². The first kappa shape index (κ1) is 13.3. The molecule has 1 saturated carbocycles. The van der Waals surface area contributed by atoms with E-state index in [1.54, 1.807) is 0 Å². The Morgan fingerprint density at radius 2 is 2.06 bits per heavy atom. The Balaban J connectivity index is 1.75. The summed E-state index contributed by atoms with van der Waals surface area (Å²) in [5, 5.41) is 9.90. The maximum absolute atomic E-state index is 9.90. The van der Waals surface area contributed by atoms with Crippen LogP contribution in [0, 0.1) is 5.92 Å². The van der Waals surface area contributed by atoms with Crippen molar-refractivity contribution in [3.05, 3.63) is 0 Å². The van der Waals surface area contributed by atoms with Crippen LogP contribution in [0.3, 0.4) is 0 Å². The van der Waals surface area contributed by atoms with Gasteiger partial charge in [0.1, 0.15) is 0 Å². The molecule has 17 heavy (non-hydrogen) atoms. The summed E-state index contributed by atoms with van der Waals surface area (Å²) in [6.45, 7) is 4.64. The zero-order chi connectivity index (χ0) is 12.3. The molecule has 1 heterocycles. The van der Waals surface area contributed by atoms with E-state index in [-0.39, 0.29) is 0 Å². The van der Waals surface area contributed by atoms with E-state index in [0.717, 1.165) is 31.3 Å². The van der Waals surface area contributed by atoms with Crippen LogP contribution >= 0.6 is 0 Å². The van der Waals surface area contributed by atoms with Crippen molar-refractivity contribution in [2.75, 3.05) is 19.6 Å². The topological polar surface area (TPSA) is 49.5 Å². The van der Waals surface area contributed by atoms with E-state index in [4.69, 9.17) is 5.73 Å². The van der Waals surface area contributed by atoms with Crippen molar-refractivity contribution in [2.45, 2.75) is 63.5 Å². The van der Waals surface area contributed by atoms with Gasteiger partial charge in [0.25, 0.3) is 0 Å². The zero-order valence-electron chi connectivity index (χ0n) is 11.2. The Kier molecular flexibility index (Phi) is 4.45. The summed E-state index contributed by atoms with van der Waals surface area (Å²) < 4.78 is 0. The van der Waals surface area contributed by atoms with E-state index >= 15 is 0 Å². The van der Waals surface area contributed by atoms with E-state index in [2.05, 4.69) is 4.90 Å². The van der Waals surface area contributed by atoms with Crippen LogP contribution in [0.1, 0.15) is 51.9 Å². The Morgan fingerprint density at radius 3 is 2.82 bits per heavy atom. The van der Waals surface area contributed by atoms with Crippen LogP contribution in [0.15, 0.2) is 0 Å². The average molecular weight is 240 g/mol. The van der Waals surface area contributed by atoms with E-state index in [9.17, 15) is 5.11 Å². The second-order valence-electron chi connectivity index (χ2n) is 6.24.